The van der Waals surface area contributed by atoms with Crippen LogP contribution in [0, 0.1) is 0 Å². The minimum Gasteiger partial charge on any atom is -0.427 e. The van der Waals surface area contributed by atoms with Crippen LogP contribution in [0.15, 0.2) is 9.39 Å². The first-order valence-corrected chi connectivity index (χ1v) is 4.86. The van der Waals surface area contributed by atoms with E-state index in [1.807, 2.05) is 6.92 Å². The zero-order chi connectivity index (χ0) is 8.43. The summed E-state index contributed by atoms with van der Waals surface area (Å²) in [6.07, 6.45) is -1.10. The van der Waals surface area contributed by atoms with Crippen LogP contribution in [-0.2, 0) is 9.53 Å². The van der Waals surface area contributed by atoms with E-state index in [9.17, 15) is 4.79 Å². The van der Waals surface area contributed by atoms with E-state index in [0.717, 1.165) is 5.75 Å². The number of halogens is 1. The maximum atomic E-state index is 10.9. The summed E-state index contributed by atoms with van der Waals surface area (Å²) in [7, 11) is 0. The fraction of sp³-hybridized carbons (Fsp3) is 0.500. The van der Waals surface area contributed by atoms with Crippen LogP contribution >= 0.6 is 27.7 Å². The molecule has 0 saturated heterocycles. The molecular formula is C6H7BrO3S. The second-order valence-electron chi connectivity index (χ2n) is 1.87. The Hall–Kier alpha value is -0.000000000000000111. The van der Waals surface area contributed by atoms with Crippen LogP contribution in [0.5, 0.6) is 0 Å². The van der Waals surface area contributed by atoms with E-state index < -0.39 is 12.3 Å². The van der Waals surface area contributed by atoms with Crippen molar-refractivity contribution >= 4 is 33.7 Å². The minimum atomic E-state index is -1.10. The molecule has 11 heavy (non-hydrogen) atoms. The van der Waals surface area contributed by atoms with Gasteiger partial charge in [0, 0.05) is 0 Å². The van der Waals surface area contributed by atoms with Crippen LogP contribution in [0.3, 0.4) is 0 Å². The van der Waals surface area contributed by atoms with E-state index in [-0.39, 0.29) is 0 Å². The SMILES string of the molecule is CCSC1=C(Br)C(O)OC1=O. The number of rotatable bonds is 2. The maximum Gasteiger partial charge on any atom is 0.348 e. The molecule has 0 radical (unpaired) electrons. The van der Waals surface area contributed by atoms with Crippen LogP contribution in [0.25, 0.3) is 0 Å². The van der Waals surface area contributed by atoms with Gasteiger partial charge in [0.05, 0.1) is 4.48 Å². The average molecular weight is 239 g/mol. The summed E-state index contributed by atoms with van der Waals surface area (Å²) >= 11 is 4.43. The average Bonchev–Trinajstić information content (AvgIpc) is 2.17. The Balaban J connectivity index is 2.79. The number of aliphatic hydroxyl groups excluding tert-OH is 1. The normalized spacial score (nSPS) is 24.3. The Kier molecular flexibility index (Phi) is 2.98. The summed E-state index contributed by atoms with van der Waals surface area (Å²) in [6.45, 7) is 1.93. The highest BCUT2D eigenvalue weighted by atomic mass is 79.9. The number of hydrogen-bond acceptors (Lipinski definition) is 4. The van der Waals surface area contributed by atoms with Gasteiger partial charge in [-0.1, -0.05) is 6.92 Å². The van der Waals surface area contributed by atoms with Crippen molar-refractivity contribution in [2.24, 2.45) is 0 Å². The van der Waals surface area contributed by atoms with Crippen LogP contribution in [-0.4, -0.2) is 23.1 Å². The Morgan fingerprint density at radius 2 is 2.45 bits per heavy atom. The molecule has 0 aliphatic carbocycles. The van der Waals surface area contributed by atoms with Crippen molar-refractivity contribution in [1.82, 2.24) is 0 Å². The van der Waals surface area contributed by atoms with E-state index >= 15 is 0 Å². The van der Waals surface area contributed by atoms with E-state index in [2.05, 4.69) is 20.7 Å². The first-order valence-electron chi connectivity index (χ1n) is 3.08. The lowest BCUT2D eigenvalue weighted by Gasteiger charge is -1.97. The van der Waals surface area contributed by atoms with Crippen LogP contribution in [0.1, 0.15) is 6.92 Å². The molecular weight excluding hydrogens is 232 g/mol. The molecule has 0 bridgehead atoms. The molecule has 3 nitrogen and oxygen atoms in total. The molecule has 0 amide bonds. The number of cyclic esters (lactones) is 1. The van der Waals surface area contributed by atoms with Crippen molar-refractivity contribution in [1.29, 1.82) is 0 Å². The van der Waals surface area contributed by atoms with Gasteiger partial charge in [0.25, 0.3) is 0 Å². The lowest BCUT2D eigenvalue weighted by atomic mass is 10.5. The van der Waals surface area contributed by atoms with E-state index in [0.29, 0.717) is 9.39 Å². The molecule has 1 N–H and O–H groups in total. The van der Waals surface area contributed by atoms with Gasteiger partial charge in [-0.3, -0.25) is 0 Å². The van der Waals surface area contributed by atoms with Gasteiger partial charge in [0.1, 0.15) is 4.91 Å². The molecule has 1 heterocycles. The van der Waals surface area contributed by atoms with Gasteiger partial charge in [0.15, 0.2) is 0 Å². The van der Waals surface area contributed by atoms with Crippen molar-refractivity contribution in [3.05, 3.63) is 9.39 Å². The molecule has 1 atom stereocenters. The summed E-state index contributed by atoms with van der Waals surface area (Å²) in [4.78, 5) is 11.4. The summed E-state index contributed by atoms with van der Waals surface area (Å²) in [5.41, 5.74) is 0. The first-order chi connectivity index (χ1) is 5.16. The lowest BCUT2D eigenvalue weighted by Crippen LogP contribution is -2.07. The second-order valence-corrected chi connectivity index (χ2v) is 4.00. The number of esters is 1. The minimum absolute atomic E-state index is 0.439. The third-order valence-electron chi connectivity index (χ3n) is 1.13. The zero-order valence-corrected chi connectivity index (χ0v) is 8.24. The van der Waals surface area contributed by atoms with Crippen LogP contribution in [0.2, 0.25) is 0 Å². The second kappa shape index (κ2) is 3.60. The number of thioether (sulfide) groups is 1. The summed E-state index contributed by atoms with van der Waals surface area (Å²) in [5.74, 6) is 0.336. The highest BCUT2D eigenvalue weighted by Gasteiger charge is 2.30. The third kappa shape index (κ3) is 1.77. The molecule has 1 rings (SSSR count). The van der Waals surface area contributed by atoms with Gasteiger partial charge in [-0.15, -0.1) is 11.8 Å². The van der Waals surface area contributed by atoms with E-state index in [1.54, 1.807) is 0 Å². The molecule has 0 aromatic rings. The maximum absolute atomic E-state index is 10.9. The Morgan fingerprint density at radius 1 is 1.82 bits per heavy atom. The smallest absolute Gasteiger partial charge is 0.348 e. The van der Waals surface area contributed by atoms with E-state index in [1.165, 1.54) is 11.8 Å². The summed E-state index contributed by atoms with van der Waals surface area (Å²) < 4.78 is 4.95. The van der Waals surface area contributed by atoms with E-state index in [4.69, 9.17) is 5.11 Å². The first kappa shape index (κ1) is 9.09. The largest absolute Gasteiger partial charge is 0.427 e. The fourth-order valence-electron chi connectivity index (χ4n) is 0.688. The lowest BCUT2D eigenvalue weighted by molar-refractivity contribution is -0.150. The van der Waals surface area contributed by atoms with Crippen molar-refractivity contribution in [2.45, 2.75) is 13.2 Å². The van der Waals surface area contributed by atoms with Crippen LogP contribution < -0.4 is 0 Å². The predicted octanol–water partition coefficient (Wildman–Crippen LogP) is 1.22. The highest BCUT2D eigenvalue weighted by Crippen LogP contribution is 2.33. The van der Waals surface area contributed by atoms with Gasteiger partial charge in [-0.2, -0.15) is 0 Å². The number of hydrogen-bond donors (Lipinski definition) is 1. The molecule has 0 aromatic carbocycles. The number of aliphatic hydroxyl groups is 1. The summed E-state index contributed by atoms with van der Waals surface area (Å²) in [5, 5.41) is 9.00. The molecule has 1 unspecified atom stereocenters. The fourth-order valence-corrected chi connectivity index (χ4v) is 1.98. The van der Waals surface area contributed by atoms with Crippen LogP contribution in [0.4, 0.5) is 0 Å². The highest BCUT2D eigenvalue weighted by molar-refractivity contribution is 9.11. The number of carbonyl (C=O) groups is 1. The predicted molar refractivity (Wildman–Crippen MR) is 46.2 cm³/mol. The zero-order valence-electron chi connectivity index (χ0n) is 5.83. The molecule has 5 heteroatoms. The van der Waals surface area contributed by atoms with Gasteiger partial charge < -0.3 is 9.84 Å². The molecule has 0 fully saturated rings. The molecule has 62 valence electrons. The Labute approximate surface area is 76.9 Å². The molecule has 1 aliphatic heterocycles. The quantitative estimate of drug-likeness (QED) is 0.736. The Bertz CT molecular complexity index is 214. The van der Waals surface area contributed by atoms with Gasteiger partial charge in [-0.05, 0) is 21.7 Å². The summed E-state index contributed by atoms with van der Waals surface area (Å²) in [6, 6.07) is 0. The third-order valence-corrected chi connectivity index (χ3v) is 3.14. The van der Waals surface area contributed by atoms with Gasteiger partial charge in [-0.25, -0.2) is 4.79 Å². The molecule has 0 saturated carbocycles. The molecule has 0 aromatic heterocycles. The Morgan fingerprint density at radius 3 is 2.82 bits per heavy atom. The standard InChI is InChI=1S/C6H7BrO3S/c1-2-11-4-3(7)5(8)10-6(4)9/h5,8H,2H2,1H3. The number of carbonyl (C=O) groups excluding carboxylic acids is 1. The van der Waals surface area contributed by atoms with Gasteiger partial charge in [0.2, 0.25) is 6.29 Å². The van der Waals surface area contributed by atoms with Crippen molar-refractivity contribution < 1.29 is 14.6 Å². The van der Waals surface area contributed by atoms with Crippen molar-refractivity contribution in [3.63, 3.8) is 0 Å². The van der Waals surface area contributed by atoms with Crippen molar-refractivity contribution in [2.75, 3.05) is 5.75 Å². The molecule has 0 spiro atoms. The van der Waals surface area contributed by atoms with Crippen molar-refractivity contribution in [3.8, 4) is 0 Å². The molecule has 1 aliphatic rings. The topological polar surface area (TPSA) is 46.5 Å². The van der Waals surface area contributed by atoms with Gasteiger partial charge >= 0.3 is 5.97 Å². The monoisotopic (exact) mass is 238 g/mol. The number of ether oxygens (including phenoxy) is 1.